The van der Waals surface area contributed by atoms with Crippen molar-refractivity contribution in [2.75, 3.05) is 13.2 Å². The number of rotatable bonds is 10. The van der Waals surface area contributed by atoms with Gasteiger partial charge in [-0.15, -0.1) is 0 Å². The number of hydrogen-bond donors (Lipinski definition) is 1. The molecule has 33 heavy (non-hydrogen) atoms. The number of amides is 3. The monoisotopic (exact) mass is 454 g/mol. The first kappa shape index (κ1) is 24.3. The second kappa shape index (κ2) is 11.5. The van der Waals surface area contributed by atoms with Crippen molar-refractivity contribution in [1.29, 1.82) is 0 Å². The van der Waals surface area contributed by atoms with Crippen LogP contribution in [0.2, 0.25) is 0 Å². The van der Waals surface area contributed by atoms with Gasteiger partial charge in [0, 0.05) is 0 Å². The summed E-state index contributed by atoms with van der Waals surface area (Å²) in [5.41, 5.74) is 1.79. The van der Waals surface area contributed by atoms with Crippen LogP contribution in [-0.4, -0.2) is 52.4 Å². The fourth-order valence-corrected chi connectivity index (χ4v) is 3.90. The Hall–Kier alpha value is -3.39. The average Bonchev–Trinajstić information content (AvgIpc) is 3.16. The van der Waals surface area contributed by atoms with E-state index in [-0.39, 0.29) is 25.7 Å². The highest BCUT2D eigenvalue weighted by Gasteiger charge is 2.41. The molecule has 3 rings (SSSR count). The molecule has 1 aliphatic heterocycles. The summed E-state index contributed by atoms with van der Waals surface area (Å²) in [5.74, 6) is -1.09. The molecule has 2 aromatic carbocycles. The third-order valence-electron chi connectivity index (χ3n) is 5.45. The van der Waals surface area contributed by atoms with Crippen LogP contribution in [0.1, 0.15) is 31.4 Å². The number of nitrogens with zero attached hydrogens (tertiary/aromatic N) is 2. The van der Waals surface area contributed by atoms with E-state index in [0.29, 0.717) is 12.8 Å². The van der Waals surface area contributed by atoms with E-state index >= 15 is 0 Å². The van der Waals surface area contributed by atoms with Crippen LogP contribution in [0.25, 0.3) is 0 Å². The molecule has 0 spiro atoms. The van der Waals surface area contributed by atoms with E-state index in [1.807, 2.05) is 74.5 Å². The maximum atomic E-state index is 13.5. The Labute approximate surface area is 193 Å². The number of carbonyl (C=O) groups excluding carboxylic acids is 2. The molecule has 1 aliphatic rings. The number of imide groups is 1. The maximum absolute atomic E-state index is 13.5. The van der Waals surface area contributed by atoms with E-state index in [1.54, 1.807) is 0 Å². The normalized spacial score (nSPS) is 16.5. The minimum absolute atomic E-state index is 0.0537. The quantitative estimate of drug-likeness (QED) is 0.536. The summed E-state index contributed by atoms with van der Waals surface area (Å²) in [6, 6.07) is 18.3. The molecule has 176 valence electrons. The third-order valence-corrected chi connectivity index (χ3v) is 5.45. The molecule has 1 heterocycles. The van der Waals surface area contributed by atoms with Gasteiger partial charge in [0.05, 0.1) is 18.5 Å². The Morgan fingerprint density at radius 2 is 1.70 bits per heavy atom. The zero-order valence-corrected chi connectivity index (χ0v) is 18.9. The lowest BCUT2D eigenvalue weighted by Crippen LogP contribution is -2.47. The van der Waals surface area contributed by atoms with Gasteiger partial charge in [-0.1, -0.05) is 74.5 Å². The minimum Gasteiger partial charge on any atom is -0.463 e. The van der Waals surface area contributed by atoms with Gasteiger partial charge in [-0.25, -0.2) is 14.5 Å². The summed E-state index contributed by atoms with van der Waals surface area (Å²) in [6.45, 7) is 3.88. The second-order valence-electron chi connectivity index (χ2n) is 8.56. The Morgan fingerprint density at radius 3 is 2.27 bits per heavy atom. The van der Waals surface area contributed by atoms with Gasteiger partial charge in [-0.05, 0) is 29.9 Å². The van der Waals surface area contributed by atoms with E-state index in [4.69, 9.17) is 9.57 Å². The zero-order chi connectivity index (χ0) is 23.8. The lowest BCUT2D eigenvalue weighted by Gasteiger charge is -2.29. The standard InChI is InChI=1S/C25H30N2O6/c1-18(2)13-21(15-26(24(29)30)33-16-20-11-7-4-8-12-20)23(28)27-22(17-32-25(27)31)14-19-9-5-3-6-10-19/h3-12,18,21-22H,13-17H2,1-2H3,(H,29,30)/t21-,22-/m1/s1. The number of benzene rings is 2. The van der Waals surface area contributed by atoms with E-state index in [1.165, 1.54) is 0 Å². The summed E-state index contributed by atoms with van der Waals surface area (Å²) in [7, 11) is 0. The van der Waals surface area contributed by atoms with E-state index in [2.05, 4.69) is 0 Å². The van der Waals surface area contributed by atoms with Crippen molar-refractivity contribution in [2.45, 2.75) is 39.3 Å². The molecule has 0 radical (unpaired) electrons. The van der Waals surface area contributed by atoms with Gasteiger partial charge in [0.15, 0.2) is 0 Å². The van der Waals surface area contributed by atoms with Crippen LogP contribution < -0.4 is 0 Å². The molecule has 1 N–H and O–H groups in total. The van der Waals surface area contributed by atoms with Crippen LogP contribution in [0.4, 0.5) is 9.59 Å². The SMILES string of the molecule is CC(C)C[C@H](CN(OCc1ccccc1)C(=O)O)C(=O)N1C(=O)OC[C@H]1Cc1ccccc1. The molecule has 2 atom stereocenters. The third kappa shape index (κ3) is 6.79. The second-order valence-corrected chi connectivity index (χ2v) is 8.56. The summed E-state index contributed by atoms with van der Waals surface area (Å²) in [6.07, 6.45) is -1.11. The Morgan fingerprint density at radius 1 is 1.09 bits per heavy atom. The van der Waals surface area contributed by atoms with E-state index in [0.717, 1.165) is 21.1 Å². The van der Waals surface area contributed by atoms with Crippen molar-refractivity contribution in [2.24, 2.45) is 11.8 Å². The smallest absolute Gasteiger partial charge is 0.431 e. The first-order chi connectivity index (χ1) is 15.8. The van der Waals surface area contributed by atoms with Gasteiger partial charge >= 0.3 is 12.2 Å². The number of ether oxygens (including phenoxy) is 1. The number of cyclic esters (lactones) is 1. The lowest BCUT2D eigenvalue weighted by atomic mass is 9.94. The molecule has 0 aromatic heterocycles. The molecule has 1 fully saturated rings. The largest absolute Gasteiger partial charge is 0.463 e. The first-order valence-electron chi connectivity index (χ1n) is 11.1. The fourth-order valence-electron chi connectivity index (χ4n) is 3.90. The van der Waals surface area contributed by atoms with E-state index < -0.39 is 30.1 Å². The molecular weight excluding hydrogens is 424 g/mol. The Bertz CT molecular complexity index is 934. The number of carboxylic acid groups (broad SMARTS) is 1. The highest BCUT2D eigenvalue weighted by atomic mass is 16.7. The van der Waals surface area contributed by atoms with Crippen LogP contribution >= 0.6 is 0 Å². The summed E-state index contributed by atoms with van der Waals surface area (Å²) in [4.78, 5) is 44.4. The van der Waals surface area contributed by atoms with Gasteiger partial charge < -0.3 is 9.84 Å². The summed E-state index contributed by atoms with van der Waals surface area (Å²) < 4.78 is 5.19. The fraction of sp³-hybridized carbons (Fsp3) is 0.400. The van der Waals surface area contributed by atoms with Crippen LogP contribution in [0.5, 0.6) is 0 Å². The molecule has 0 saturated carbocycles. The molecule has 3 amide bonds. The molecule has 1 saturated heterocycles. The predicted octanol–water partition coefficient (Wildman–Crippen LogP) is 4.35. The van der Waals surface area contributed by atoms with Crippen LogP contribution in [-0.2, 0) is 27.4 Å². The van der Waals surface area contributed by atoms with Gasteiger partial charge in [-0.2, -0.15) is 5.06 Å². The van der Waals surface area contributed by atoms with Crippen molar-refractivity contribution in [1.82, 2.24) is 9.96 Å². The topological polar surface area (TPSA) is 96.4 Å². The molecule has 0 unspecified atom stereocenters. The number of carbonyl (C=O) groups is 3. The van der Waals surface area contributed by atoms with E-state index in [9.17, 15) is 19.5 Å². The van der Waals surface area contributed by atoms with Crippen molar-refractivity contribution in [3.05, 3.63) is 71.8 Å². The average molecular weight is 455 g/mol. The van der Waals surface area contributed by atoms with Gasteiger partial charge in [0.1, 0.15) is 13.2 Å². The van der Waals surface area contributed by atoms with Crippen molar-refractivity contribution >= 4 is 18.1 Å². The molecular formula is C25H30N2O6. The number of hydrogen-bond acceptors (Lipinski definition) is 5. The predicted molar refractivity (Wildman–Crippen MR) is 121 cm³/mol. The van der Waals surface area contributed by atoms with Crippen LogP contribution in [0.3, 0.4) is 0 Å². The molecule has 2 aromatic rings. The van der Waals surface area contributed by atoms with Crippen molar-refractivity contribution in [3.8, 4) is 0 Å². The molecule has 8 heteroatoms. The molecule has 8 nitrogen and oxygen atoms in total. The highest BCUT2D eigenvalue weighted by Crippen LogP contribution is 2.24. The maximum Gasteiger partial charge on any atom is 0.431 e. The highest BCUT2D eigenvalue weighted by molar-refractivity contribution is 5.95. The summed E-state index contributed by atoms with van der Waals surface area (Å²) >= 11 is 0. The van der Waals surface area contributed by atoms with Crippen molar-refractivity contribution in [3.63, 3.8) is 0 Å². The van der Waals surface area contributed by atoms with Crippen LogP contribution in [0, 0.1) is 11.8 Å². The van der Waals surface area contributed by atoms with Gasteiger partial charge in [-0.3, -0.25) is 9.63 Å². The van der Waals surface area contributed by atoms with Gasteiger partial charge in [0.25, 0.3) is 0 Å². The minimum atomic E-state index is -1.29. The summed E-state index contributed by atoms with van der Waals surface area (Å²) in [5, 5.41) is 10.4. The number of hydroxylamine groups is 2. The molecule has 0 aliphatic carbocycles. The lowest BCUT2D eigenvalue weighted by molar-refractivity contribution is -0.158. The van der Waals surface area contributed by atoms with Gasteiger partial charge in [0.2, 0.25) is 5.91 Å². The Kier molecular flexibility index (Phi) is 8.43. The van der Waals surface area contributed by atoms with Crippen LogP contribution in [0.15, 0.2) is 60.7 Å². The zero-order valence-electron chi connectivity index (χ0n) is 18.9. The van der Waals surface area contributed by atoms with Crippen molar-refractivity contribution < 1.29 is 29.1 Å². The molecule has 0 bridgehead atoms. The Balaban J connectivity index is 1.74. The first-order valence-corrected chi connectivity index (χ1v) is 11.1.